The Morgan fingerprint density at radius 1 is 1.35 bits per heavy atom. The molecule has 2 aromatic heterocycles. The number of thiophene rings is 1. The van der Waals surface area contributed by atoms with Gasteiger partial charge in [-0.3, -0.25) is 14.2 Å². The molecule has 1 aromatic carbocycles. The lowest BCUT2D eigenvalue weighted by Gasteiger charge is -2.05. The fourth-order valence-corrected chi connectivity index (χ4v) is 3.79. The fourth-order valence-electron chi connectivity index (χ4n) is 2.57. The molecule has 0 unspecified atom stereocenters. The van der Waals surface area contributed by atoms with Crippen LogP contribution in [0.4, 0.5) is 0 Å². The molecule has 2 heterocycles. The maximum atomic E-state index is 12.8. The van der Waals surface area contributed by atoms with E-state index in [-0.39, 0.29) is 24.5 Å². The van der Waals surface area contributed by atoms with Crippen LogP contribution in [0.3, 0.4) is 0 Å². The molecule has 26 heavy (non-hydrogen) atoms. The summed E-state index contributed by atoms with van der Waals surface area (Å²) >= 11 is 7.02. The van der Waals surface area contributed by atoms with Crippen LogP contribution in [0.25, 0.3) is 10.2 Å². The Kier molecular flexibility index (Phi) is 5.20. The minimum atomic E-state index is -0.478. The molecule has 0 aliphatic rings. The summed E-state index contributed by atoms with van der Waals surface area (Å²) in [5, 5.41) is 0.781. The monoisotopic (exact) mass is 390 g/mol. The number of ketones is 1. The van der Waals surface area contributed by atoms with Crippen LogP contribution in [0, 0.1) is 6.92 Å². The number of fused-ring (bicyclic) bond motifs is 1. The second-order valence-electron chi connectivity index (χ2n) is 5.57. The van der Waals surface area contributed by atoms with Crippen molar-refractivity contribution in [1.82, 2.24) is 9.55 Å². The average molecular weight is 391 g/mol. The molecule has 0 saturated heterocycles. The number of ether oxygens (including phenoxy) is 1. The number of carbonyl (C=O) groups excluding carboxylic acids is 2. The van der Waals surface area contributed by atoms with E-state index in [0.29, 0.717) is 31.2 Å². The normalized spacial score (nSPS) is 10.9. The van der Waals surface area contributed by atoms with Crippen molar-refractivity contribution in [2.45, 2.75) is 20.4 Å². The van der Waals surface area contributed by atoms with Crippen LogP contribution in [-0.2, 0) is 11.3 Å². The molecule has 0 aliphatic carbocycles. The molecule has 0 bridgehead atoms. The molecule has 3 rings (SSSR count). The first kappa shape index (κ1) is 18.3. The molecule has 3 aromatic rings. The van der Waals surface area contributed by atoms with Crippen LogP contribution in [0.2, 0.25) is 5.02 Å². The van der Waals surface area contributed by atoms with Gasteiger partial charge in [0.05, 0.1) is 24.9 Å². The van der Waals surface area contributed by atoms with Gasteiger partial charge in [0.25, 0.3) is 5.56 Å². The molecule has 0 atom stereocenters. The molecule has 8 heteroatoms. The first-order valence-electron chi connectivity index (χ1n) is 7.86. The molecule has 6 nitrogen and oxygen atoms in total. The number of carbonyl (C=O) groups is 2. The third-order valence-corrected chi connectivity index (χ3v) is 5.25. The summed E-state index contributed by atoms with van der Waals surface area (Å²) in [5.74, 6) is -0.733. The smallest absolute Gasteiger partial charge is 0.348 e. The molecule has 0 aliphatic heterocycles. The highest BCUT2D eigenvalue weighted by molar-refractivity contribution is 7.20. The molecular weight excluding hydrogens is 376 g/mol. The molecule has 0 fully saturated rings. The van der Waals surface area contributed by atoms with E-state index in [0.717, 1.165) is 11.3 Å². The van der Waals surface area contributed by atoms with E-state index >= 15 is 0 Å². The van der Waals surface area contributed by atoms with Gasteiger partial charge >= 0.3 is 5.97 Å². The summed E-state index contributed by atoms with van der Waals surface area (Å²) in [6, 6.07) is 6.54. The highest BCUT2D eigenvalue weighted by Gasteiger charge is 2.21. The number of aromatic nitrogens is 2. The quantitative estimate of drug-likeness (QED) is 0.492. The minimum Gasteiger partial charge on any atom is -0.462 e. The zero-order valence-electron chi connectivity index (χ0n) is 14.1. The number of rotatable bonds is 5. The van der Waals surface area contributed by atoms with E-state index in [1.165, 1.54) is 10.9 Å². The summed E-state index contributed by atoms with van der Waals surface area (Å²) in [6.45, 7) is 3.48. The van der Waals surface area contributed by atoms with Gasteiger partial charge in [-0.1, -0.05) is 23.7 Å². The predicted molar refractivity (Wildman–Crippen MR) is 100 cm³/mol. The van der Waals surface area contributed by atoms with Gasteiger partial charge in [0.2, 0.25) is 0 Å². The number of esters is 1. The third-order valence-electron chi connectivity index (χ3n) is 3.84. The number of nitrogens with zero attached hydrogens (tertiary/aromatic N) is 2. The van der Waals surface area contributed by atoms with E-state index in [1.807, 2.05) is 0 Å². The van der Waals surface area contributed by atoms with Crippen molar-refractivity contribution < 1.29 is 14.3 Å². The SMILES string of the molecule is CCOC(=O)c1sc2ncn(CC(=O)c3cccc(Cl)c3)c(=O)c2c1C. The molecular formula is C18H15ClN2O4S. The van der Waals surface area contributed by atoms with Gasteiger partial charge in [0.1, 0.15) is 9.71 Å². The largest absolute Gasteiger partial charge is 0.462 e. The molecule has 134 valence electrons. The zero-order valence-corrected chi connectivity index (χ0v) is 15.7. The van der Waals surface area contributed by atoms with Gasteiger partial charge in [-0.15, -0.1) is 11.3 Å². The van der Waals surface area contributed by atoms with Gasteiger partial charge in [0.15, 0.2) is 5.78 Å². The lowest BCUT2D eigenvalue weighted by atomic mass is 10.1. The number of hydrogen-bond acceptors (Lipinski definition) is 6. The van der Waals surface area contributed by atoms with Crippen molar-refractivity contribution >= 4 is 44.9 Å². The Balaban J connectivity index is 1.99. The maximum absolute atomic E-state index is 12.8. The van der Waals surface area contributed by atoms with Crippen LogP contribution < -0.4 is 5.56 Å². The second kappa shape index (κ2) is 7.39. The van der Waals surface area contributed by atoms with Crippen LogP contribution in [-0.4, -0.2) is 27.9 Å². The van der Waals surface area contributed by atoms with Gasteiger partial charge in [-0.25, -0.2) is 9.78 Å². The van der Waals surface area contributed by atoms with Crippen LogP contribution in [0.1, 0.15) is 32.5 Å². The van der Waals surface area contributed by atoms with Crippen molar-refractivity contribution in [2.24, 2.45) is 0 Å². The average Bonchev–Trinajstić information content (AvgIpc) is 2.95. The zero-order chi connectivity index (χ0) is 18.8. The number of halogens is 1. The number of aryl methyl sites for hydroxylation is 1. The topological polar surface area (TPSA) is 78.3 Å². The Labute approximate surface area is 158 Å². The van der Waals surface area contributed by atoms with Gasteiger partial charge in [-0.05, 0) is 31.5 Å². The van der Waals surface area contributed by atoms with Crippen molar-refractivity contribution in [3.05, 3.63) is 62.0 Å². The lowest BCUT2D eigenvalue weighted by Crippen LogP contribution is -2.24. The van der Waals surface area contributed by atoms with Crippen molar-refractivity contribution in [1.29, 1.82) is 0 Å². The van der Waals surface area contributed by atoms with Gasteiger partial charge in [-0.2, -0.15) is 0 Å². The van der Waals surface area contributed by atoms with E-state index < -0.39 is 5.97 Å². The summed E-state index contributed by atoms with van der Waals surface area (Å²) < 4.78 is 6.25. The summed E-state index contributed by atoms with van der Waals surface area (Å²) in [6.07, 6.45) is 1.32. The van der Waals surface area contributed by atoms with Crippen molar-refractivity contribution in [3.8, 4) is 0 Å². The van der Waals surface area contributed by atoms with E-state index in [1.54, 1.807) is 38.1 Å². The van der Waals surface area contributed by atoms with E-state index in [4.69, 9.17) is 16.3 Å². The highest BCUT2D eigenvalue weighted by atomic mass is 35.5. The molecule has 0 spiro atoms. The van der Waals surface area contributed by atoms with Crippen LogP contribution in [0.15, 0.2) is 35.4 Å². The first-order valence-corrected chi connectivity index (χ1v) is 9.06. The Morgan fingerprint density at radius 3 is 2.81 bits per heavy atom. The standard InChI is InChI=1S/C18H15ClN2O4S/c1-3-25-18(24)15-10(2)14-16(26-15)20-9-21(17(14)23)8-13(22)11-5-4-6-12(19)7-11/h4-7,9H,3,8H2,1-2H3. The Morgan fingerprint density at radius 2 is 2.12 bits per heavy atom. The van der Waals surface area contributed by atoms with Crippen molar-refractivity contribution in [2.75, 3.05) is 6.61 Å². The Bertz CT molecular complexity index is 1070. The molecule has 0 N–H and O–H groups in total. The number of benzene rings is 1. The summed E-state index contributed by atoms with van der Waals surface area (Å²) in [5.41, 5.74) is 0.568. The highest BCUT2D eigenvalue weighted by Crippen LogP contribution is 2.27. The minimum absolute atomic E-state index is 0.161. The lowest BCUT2D eigenvalue weighted by molar-refractivity contribution is 0.0531. The van der Waals surface area contributed by atoms with Gasteiger partial charge < -0.3 is 4.74 Å². The summed E-state index contributed by atoms with van der Waals surface area (Å²) in [4.78, 5) is 42.2. The van der Waals surface area contributed by atoms with E-state index in [2.05, 4.69) is 4.98 Å². The Hall–Kier alpha value is -2.51. The molecule has 0 saturated carbocycles. The van der Waals surface area contributed by atoms with Crippen LogP contribution in [0.5, 0.6) is 0 Å². The predicted octanol–water partition coefficient (Wildman–Crippen LogP) is 3.48. The van der Waals surface area contributed by atoms with Crippen LogP contribution >= 0.6 is 22.9 Å². The van der Waals surface area contributed by atoms with E-state index in [9.17, 15) is 14.4 Å². The molecule has 0 radical (unpaired) electrons. The summed E-state index contributed by atoms with van der Waals surface area (Å²) in [7, 11) is 0. The van der Waals surface area contributed by atoms with Gasteiger partial charge in [0, 0.05) is 10.6 Å². The molecule has 0 amide bonds. The maximum Gasteiger partial charge on any atom is 0.348 e. The third kappa shape index (κ3) is 3.40. The first-order chi connectivity index (χ1) is 12.4. The second-order valence-corrected chi connectivity index (χ2v) is 7.00. The number of Topliss-reactive ketones (excluding diaryl/α,β-unsaturated/α-hetero) is 1. The fraction of sp³-hybridized carbons (Fsp3) is 0.222. The van der Waals surface area contributed by atoms with Crippen molar-refractivity contribution in [3.63, 3.8) is 0 Å². The number of hydrogen-bond donors (Lipinski definition) is 0.